The van der Waals surface area contributed by atoms with Crippen LogP contribution in [0.4, 0.5) is 0 Å². The Morgan fingerprint density at radius 2 is 2.08 bits per heavy atom. The first-order chi connectivity index (χ1) is 11.5. The molecule has 1 aromatic carbocycles. The molecule has 0 aliphatic rings. The third-order valence-electron chi connectivity index (χ3n) is 4.76. The molecule has 1 amide bonds. The summed E-state index contributed by atoms with van der Waals surface area (Å²) in [4.78, 5) is 17.0. The molecule has 0 fully saturated rings. The van der Waals surface area contributed by atoms with Gasteiger partial charge in [0.05, 0.1) is 0 Å². The Morgan fingerprint density at radius 1 is 1.33 bits per heavy atom. The predicted octanol–water partition coefficient (Wildman–Crippen LogP) is 4.04. The smallest absolute Gasteiger partial charge is 0.251 e. The highest BCUT2D eigenvalue weighted by Crippen LogP contribution is 2.29. The van der Waals surface area contributed by atoms with Crippen LogP contribution in [0.2, 0.25) is 0 Å². The van der Waals surface area contributed by atoms with Crippen LogP contribution in [0.1, 0.15) is 49.2 Å². The Bertz CT molecular complexity index is 678. The number of carbonyl (C=O) groups excluding carboxylic acids is 1. The summed E-state index contributed by atoms with van der Waals surface area (Å²) >= 11 is 1.58. The first-order valence-corrected chi connectivity index (χ1v) is 9.33. The fourth-order valence-corrected chi connectivity index (χ4v) is 3.62. The van der Waals surface area contributed by atoms with E-state index in [4.69, 9.17) is 0 Å². The molecule has 0 aliphatic heterocycles. The number of aliphatic hydroxyl groups is 1. The van der Waals surface area contributed by atoms with Gasteiger partial charge in [0, 0.05) is 35.4 Å². The molecular formula is C19H26N2O2S. The average Bonchev–Trinajstić information content (AvgIpc) is 3.05. The summed E-state index contributed by atoms with van der Waals surface area (Å²) in [6.45, 7) is 6.91. The number of aliphatic hydroxyl groups excluding tert-OH is 1. The van der Waals surface area contributed by atoms with Gasteiger partial charge in [-0.05, 0) is 43.7 Å². The third kappa shape index (κ3) is 4.42. The zero-order chi connectivity index (χ0) is 17.6. The lowest BCUT2D eigenvalue weighted by atomic mass is 9.79. The molecule has 2 rings (SSSR count). The molecule has 0 atom stereocenters. The maximum Gasteiger partial charge on any atom is 0.251 e. The van der Waals surface area contributed by atoms with Crippen molar-refractivity contribution in [2.75, 3.05) is 13.2 Å². The monoisotopic (exact) mass is 346 g/mol. The molecule has 0 saturated carbocycles. The van der Waals surface area contributed by atoms with Gasteiger partial charge in [-0.15, -0.1) is 11.3 Å². The van der Waals surface area contributed by atoms with Crippen LogP contribution in [-0.2, 0) is 0 Å². The number of aryl methyl sites for hydroxylation is 1. The van der Waals surface area contributed by atoms with E-state index in [-0.39, 0.29) is 17.9 Å². The van der Waals surface area contributed by atoms with Gasteiger partial charge in [0.15, 0.2) is 0 Å². The molecule has 0 radical (unpaired) electrons. The maximum absolute atomic E-state index is 12.5. The number of hydrogen-bond donors (Lipinski definition) is 2. The Morgan fingerprint density at radius 3 is 2.67 bits per heavy atom. The van der Waals surface area contributed by atoms with Crippen LogP contribution in [0.15, 0.2) is 29.6 Å². The topological polar surface area (TPSA) is 62.2 Å². The maximum atomic E-state index is 12.5. The summed E-state index contributed by atoms with van der Waals surface area (Å²) in [6, 6.07) is 7.58. The number of rotatable bonds is 8. The van der Waals surface area contributed by atoms with Crippen molar-refractivity contribution in [2.24, 2.45) is 5.41 Å². The van der Waals surface area contributed by atoms with Gasteiger partial charge in [-0.1, -0.05) is 26.0 Å². The van der Waals surface area contributed by atoms with Crippen molar-refractivity contribution >= 4 is 17.2 Å². The van der Waals surface area contributed by atoms with Gasteiger partial charge in [0.25, 0.3) is 5.91 Å². The summed E-state index contributed by atoms with van der Waals surface area (Å²) in [7, 11) is 0. The number of hydrogen-bond acceptors (Lipinski definition) is 4. The second kappa shape index (κ2) is 8.40. The van der Waals surface area contributed by atoms with E-state index in [1.165, 1.54) is 0 Å². The van der Waals surface area contributed by atoms with Crippen LogP contribution in [-0.4, -0.2) is 29.1 Å². The van der Waals surface area contributed by atoms with Crippen molar-refractivity contribution in [1.82, 2.24) is 10.3 Å². The summed E-state index contributed by atoms with van der Waals surface area (Å²) in [5, 5.41) is 15.3. The molecule has 0 aliphatic carbocycles. The Labute approximate surface area is 148 Å². The third-order valence-corrected chi connectivity index (χ3v) is 5.77. The highest BCUT2D eigenvalue weighted by Gasteiger charge is 2.26. The number of nitrogens with zero attached hydrogens (tertiary/aromatic N) is 1. The standard InChI is InChI=1S/C19H26N2O2S/c1-4-19(5-2,9-10-22)13-20-17(23)15-7-6-8-16(11-15)18-21-14(3)12-24-18/h6-8,11-12,22H,4-5,9-10,13H2,1-3H3,(H,20,23). The molecule has 0 saturated heterocycles. The summed E-state index contributed by atoms with van der Waals surface area (Å²) in [5.41, 5.74) is 2.57. The number of thiazole rings is 1. The summed E-state index contributed by atoms with van der Waals surface area (Å²) in [6.07, 6.45) is 2.57. The molecule has 0 spiro atoms. The molecule has 4 nitrogen and oxygen atoms in total. The van der Waals surface area contributed by atoms with Crippen LogP contribution in [0.25, 0.3) is 10.6 Å². The van der Waals surface area contributed by atoms with Gasteiger partial charge in [-0.3, -0.25) is 4.79 Å². The van der Waals surface area contributed by atoms with Gasteiger partial charge >= 0.3 is 0 Å². The van der Waals surface area contributed by atoms with Gasteiger partial charge in [-0.2, -0.15) is 0 Å². The quantitative estimate of drug-likeness (QED) is 0.758. The molecule has 2 aromatic rings. The molecule has 0 bridgehead atoms. The Balaban J connectivity index is 2.10. The van der Waals surface area contributed by atoms with Gasteiger partial charge in [0.1, 0.15) is 5.01 Å². The lowest BCUT2D eigenvalue weighted by Crippen LogP contribution is -2.37. The van der Waals surface area contributed by atoms with E-state index >= 15 is 0 Å². The van der Waals surface area contributed by atoms with E-state index in [0.717, 1.165) is 29.1 Å². The van der Waals surface area contributed by atoms with E-state index in [1.54, 1.807) is 11.3 Å². The van der Waals surface area contributed by atoms with Gasteiger partial charge < -0.3 is 10.4 Å². The number of nitrogens with one attached hydrogen (secondary N) is 1. The molecule has 1 aromatic heterocycles. The minimum absolute atomic E-state index is 0.0333. The minimum atomic E-state index is -0.0747. The Hall–Kier alpha value is -1.72. The van der Waals surface area contributed by atoms with Crippen molar-refractivity contribution in [3.8, 4) is 10.6 Å². The number of carbonyl (C=O) groups is 1. The molecule has 5 heteroatoms. The summed E-state index contributed by atoms with van der Waals surface area (Å²) in [5.74, 6) is -0.0747. The number of aromatic nitrogens is 1. The number of amides is 1. The average molecular weight is 346 g/mol. The first kappa shape index (κ1) is 18.6. The molecule has 24 heavy (non-hydrogen) atoms. The lowest BCUT2D eigenvalue weighted by Gasteiger charge is -2.31. The number of benzene rings is 1. The molecular weight excluding hydrogens is 320 g/mol. The van der Waals surface area contributed by atoms with Crippen molar-refractivity contribution in [2.45, 2.75) is 40.0 Å². The van der Waals surface area contributed by atoms with E-state index in [9.17, 15) is 9.90 Å². The zero-order valence-electron chi connectivity index (χ0n) is 14.6. The van der Waals surface area contributed by atoms with Crippen LogP contribution in [0.5, 0.6) is 0 Å². The highest BCUT2D eigenvalue weighted by molar-refractivity contribution is 7.13. The largest absolute Gasteiger partial charge is 0.396 e. The first-order valence-electron chi connectivity index (χ1n) is 8.45. The molecule has 2 N–H and O–H groups in total. The lowest BCUT2D eigenvalue weighted by molar-refractivity contribution is 0.0907. The molecule has 130 valence electrons. The van der Waals surface area contributed by atoms with Gasteiger partial charge in [-0.25, -0.2) is 4.98 Å². The van der Waals surface area contributed by atoms with Crippen LogP contribution >= 0.6 is 11.3 Å². The second-order valence-electron chi connectivity index (χ2n) is 6.24. The van der Waals surface area contributed by atoms with Crippen LogP contribution in [0, 0.1) is 12.3 Å². The van der Waals surface area contributed by atoms with Crippen molar-refractivity contribution in [1.29, 1.82) is 0 Å². The summed E-state index contributed by atoms with van der Waals surface area (Å²) < 4.78 is 0. The molecule has 0 unspecified atom stereocenters. The highest BCUT2D eigenvalue weighted by atomic mass is 32.1. The molecule has 1 heterocycles. The van der Waals surface area contributed by atoms with Crippen LogP contribution < -0.4 is 5.32 Å². The SMILES string of the molecule is CCC(CC)(CCO)CNC(=O)c1cccc(-c2nc(C)cs2)c1. The second-order valence-corrected chi connectivity index (χ2v) is 7.10. The fourth-order valence-electron chi connectivity index (χ4n) is 2.83. The van der Waals surface area contributed by atoms with E-state index in [0.29, 0.717) is 18.5 Å². The van der Waals surface area contributed by atoms with Crippen molar-refractivity contribution < 1.29 is 9.90 Å². The normalized spacial score (nSPS) is 11.5. The minimum Gasteiger partial charge on any atom is -0.396 e. The predicted molar refractivity (Wildman–Crippen MR) is 99.3 cm³/mol. The Kier molecular flexibility index (Phi) is 6.52. The van der Waals surface area contributed by atoms with E-state index < -0.39 is 0 Å². The van der Waals surface area contributed by atoms with E-state index in [2.05, 4.69) is 24.1 Å². The van der Waals surface area contributed by atoms with Crippen LogP contribution in [0.3, 0.4) is 0 Å². The fraction of sp³-hybridized carbons (Fsp3) is 0.474. The van der Waals surface area contributed by atoms with Gasteiger partial charge in [0.2, 0.25) is 0 Å². The van der Waals surface area contributed by atoms with E-state index in [1.807, 2.05) is 36.6 Å². The van der Waals surface area contributed by atoms with Crippen molar-refractivity contribution in [3.05, 3.63) is 40.9 Å². The van der Waals surface area contributed by atoms with Crippen molar-refractivity contribution in [3.63, 3.8) is 0 Å². The zero-order valence-corrected chi connectivity index (χ0v) is 15.4.